The average Bonchev–Trinajstić information content (AvgIpc) is 2.46. The third-order valence-corrected chi connectivity index (χ3v) is 4.98. The second-order valence-corrected chi connectivity index (χ2v) is 6.33. The zero-order chi connectivity index (χ0) is 13.7. The molecule has 0 spiro atoms. The highest BCUT2D eigenvalue weighted by Gasteiger charge is 2.30. The topological polar surface area (TPSA) is 49.8 Å². The van der Waals surface area contributed by atoms with Gasteiger partial charge in [-0.1, -0.05) is 52.9 Å². The third-order valence-electron chi connectivity index (χ3n) is 3.34. The standard InChI is InChI=1S/C14H18INO3/c15-13-6-7-16(8-12(13)9-17)14(18)19-10-11-4-2-1-3-5-11/h1-5,12-13,17H,6-10H2. The predicted molar refractivity (Wildman–Crippen MR) is 81.2 cm³/mol. The molecule has 0 bridgehead atoms. The molecule has 4 nitrogen and oxygen atoms in total. The lowest BCUT2D eigenvalue weighted by Crippen LogP contribution is -2.45. The summed E-state index contributed by atoms with van der Waals surface area (Å²) in [5, 5.41) is 9.29. The van der Waals surface area contributed by atoms with Gasteiger partial charge in [-0.15, -0.1) is 0 Å². The van der Waals surface area contributed by atoms with Gasteiger partial charge in [-0.3, -0.25) is 0 Å². The van der Waals surface area contributed by atoms with E-state index in [-0.39, 0.29) is 18.6 Å². The maximum absolute atomic E-state index is 12.0. The maximum atomic E-state index is 12.0. The van der Waals surface area contributed by atoms with Gasteiger partial charge in [0.05, 0.1) is 0 Å². The Morgan fingerprint density at radius 2 is 2.16 bits per heavy atom. The molecule has 5 heteroatoms. The summed E-state index contributed by atoms with van der Waals surface area (Å²) < 4.78 is 5.73. The van der Waals surface area contributed by atoms with E-state index in [1.807, 2.05) is 30.3 Å². The summed E-state index contributed by atoms with van der Waals surface area (Å²) >= 11 is 2.34. The summed E-state index contributed by atoms with van der Waals surface area (Å²) in [5.74, 6) is 0.152. The van der Waals surface area contributed by atoms with Crippen LogP contribution in [0.25, 0.3) is 0 Å². The highest BCUT2D eigenvalue weighted by Crippen LogP contribution is 2.24. The molecule has 1 saturated heterocycles. The normalized spacial score (nSPS) is 23.2. The summed E-state index contributed by atoms with van der Waals surface area (Å²) in [5.41, 5.74) is 0.985. The van der Waals surface area contributed by atoms with Crippen LogP contribution in [0.2, 0.25) is 0 Å². The number of halogens is 1. The molecular formula is C14H18INO3. The van der Waals surface area contributed by atoms with Crippen molar-refractivity contribution in [2.45, 2.75) is 17.0 Å². The minimum atomic E-state index is -0.286. The van der Waals surface area contributed by atoms with Crippen LogP contribution in [0.1, 0.15) is 12.0 Å². The van der Waals surface area contributed by atoms with Gasteiger partial charge < -0.3 is 14.7 Å². The molecule has 104 valence electrons. The monoisotopic (exact) mass is 375 g/mol. The second-order valence-electron chi connectivity index (χ2n) is 4.73. The van der Waals surface area contributed by atoms with Crippen LogP contribution in [0.3, 0.4) is 0 Å². The minimum absolute atomic E-state index is 0.121. The van der Waals surface area contributed by atoms with Crippen LogP contribution in [0, 0.1) is 5.92 Å². The first-order valence-electron chi connectivity index (χ1n) is 6.41. The molecule has 1 amide bonds. The highest BCUT2D eigenvalue weighted by molar-refractivity contribution is 14.1. The Bertz CT molecular complexity index is 412. The molecule has 0 aliphatic carbocycles. The minimum Gasteiger partial charge on any atom is -0.445 e. The Labute approximate surface area is 126 Å². The molecule has 0 radical (unpaired) electrons. The quantitative estimate of drug-likeness (QED) is 0.652. The Kier molecular flexibility index (Phi) is 5.45. The Hall–Kier alpha value is -0.820. The van der Waals surface area contributed by atoms with E-state index in [0.717, 1.165) is 12.0 Å². The zero-order valence-electron chi connectivity index (χ0n) is 10.7. The zero-order valence-corrected chi connectivity index (χ0v) is 12.8. The van der Waals surface area contributed by atoms with Crippen molar-refractivity contribution in [2.75, 3.05) is 19.7 Å². The molecule has 1 aromatic rings. The lowest BCUT2D eigenvalue weighted by Gasteiger charge is -2.34. The number of likely N-dealkylation sites (tertiary alicyclic amines) is 1. The van der Waals surface area contributed by atoms with Crippen LogP contribution in [0.4, 0.5) is 4.79 Å². The first-order chi connectivity index (χ1) is 9.20. The van der Waals surface area contributed by atoms with Crippen molar-refractivity contribution in [3.63, 3.8) is 0 Å². The summed E-state index contributed by atoms with van der Waals surface area (Å²) in [7, 11) is 0. The molecule has 2 unspecified atom stereocenters. The van der Waals surface area contributed by atoms with Gasteiger partial charge in [-0.2, -0.15) is 0 Å². The number of carbonyl (C=O) groups excluding carboxylic acids is 1. The van der Waals surface area contributed by atoms with Gasteiger partial charge in [0, 0.05) is 29.5 Å². The molecule has 1 heterocycles. The molecule has 0 saturated carbocycles. The maximum Gasteiger partial charge on any atom is 0.410 e. The fourth-order valence-corrected chi connectivity index (χ4v) is 2.89. The van der Waals surface area contributed by atoms with E-state index in [4.69, 9.17) is 4.74 Å². The van der Waals surface area contributed by atoms with Gasteiger partial charge in [0.2, 0.25) is 0 Å². The SMILES string of the molecule is O=C(OCc1ccccc1)N1CCC(I)C(CO)C1. The average molecular weight is 375 g/mol. The number of benzene rings is 1. The van der Waals surface area contributed by atoms with Crippen molar-refractivity contribution in [3.8, 4) is 0 Å². The summed E-state index contributed by atoms with van der Waals surface area (Å²) in [4.78, 5) is 13.7. The van der Waals surface area contributed by atoms with E-state index in [1.54, 1.807) is 4.90 Å². The van der Waals surface area contributed by atoms with Crippen LogP contribution >= 0.6 is 22.6 Å². The van der Waals surface area contributed by atoms with Gasteiger partial charge >= 0.3 is 6.09 Å². The number of hydrogen-bond acceptors (Lipinski definition) is 3. The van der Waals surface area contributed by atoms with E-state index >= 15 is 0 Å². The van der Waals surface area contributed by atoms with E-state index in [1.165, 1.54) is 0 Å². The number of aliphatic hydroxyl groups is 1. The van der Waals surface area contributed by atoms with Crippen molar-refractivity contribution in [1.82, 2.24) is 4.90 Å². The summed E-state index contributed by atoms with van der Waals surface area (Å²) in [6, 6.07) is 9.64. The number of nitrogens with zero attached hydrogens (tertiary/aromatic N) is 1. The van der Waals surface area contributed by atoms with E-state index in [9.17, 15) is 9.90 Å². The van der Waals surface area contributed by atoms with Gasteiger partial charge in [0.15, 0.2) is 0 Å². The fourth-order valence-electron chi connectivity index (χ4n) is 2.15. The molecule has 1 fully saturated rings. The molecule has 1 aromatic carbocycles. The number of hydrogen-bond donors (Lipinski definition) is 1. The summed E-state index contributed by atoms with van der Waals surface area (Å²) in [6.45, 7) is 1.71. The molecule has 1 aliphatic heterocycles. The van der Waals surface area contributed by atoms with Crippen molar-refractivity contribution >= 4 is 28.7 Å². The van der Waals surface area contributed by atoms with Gasteiger partial charge in [0.1, 0.15) is 6.61 Å². The lowest BCUT2D eigenvalue weighted by molar-refractivity contribution is 0.0718. The first-order valence-corrected chi connectivity index (χ1v) is 7.66. The van der Waals surface area contributed by atoms with Crippen LogP contribution in [0.15, 0.2) is 30.3 Å². The number of aliphatic hydroxyl groups excluding tert-OH is 1. The molecule has 1 N–H and O–H groups in total. The van der Waals surface area contributed by atoms with Crippen molar-refractivity contribution in [2.24, 2.45) is 5.92 Å². The fraction of sp³-hybridized carbons (Fsp3) is 0.500. The van der Waals surface area contributed by atoms with Crippen molar-refractivity contribution in [1.29, 1.82) is 0 Å². The van der Waals surface area contributed by atoms with Crippen molar-refractivity contribution in [3.05, 3.63) is 35.9 Å². The number of piperidine rings is 1. The number of ether oxygens (including phenoxy) is 1. The van der Waals surface area contributed by atoms with Crippen molar-refractivity contribution < 1.29 is 14.6 Å². The number of amides is 1. The van der Waals surface area contributed by atoms with Gasteiger partial charge in [-0.25, -0.2) is 4.79 Å². The Balaban J connectivity index is 1.83. The molecule has 0 aromatic heterocycles. The smallest absolute Gasteiger partial charge is 0.410 e. The molecule has 2 rings (SSSR count). The van der Waals surface area contributed by atoms with E-state index < -0.39 is 0 Å². The van der Waals surface area contributed by atoms with Crippen LogP contribution < -0.4 is 0 Å². The highest BCUT2D eigenvalue weighted by atomic mass is 127. The number of rotatable bonds is 3. The predicted octanol–water partition coefficient (Wildman–Crippen LogP) is 2.44. The molecular weight excluding hydrogens is 357 g/mol. The van der Waals surface area contributed by atoms with E-state index in [2.05, 4.69) is 22.6 Å². The molecule has 19 heavy (non-hydrogen) atoms. The van der Waals surface area contributed by atoms with Crippen LogP contribution in [-0.2, 0) is 11.3 Å². The Morgan fingerprint density at radius 1 is 1.42 bits per heavy atom. The third kappa shape index (κ3) is 4.07. The van der Waals surface area contributed by atoms with Gasteiger partial charge in [0.25, 0.3) is 0 Å². The second kappa shape index (κ2) is 7.09. The van der Waals surface area contributed by atoms with E-state index in [0.29, 0.717) is 23.6 Å². The van der Waals surface area contributed by atoms with Crippen LogP contribution in [0.5, 0.6) is 0 Å². The van der Waals surface area contributed by atoms with Gasteiger partial charge in [-0.05, 0) is 12.0 Å². The Morgan fingerprint density at radius 3 is 2.84 bits per heavy atom. The number of alkyl halides is 1. The molecule has 2 atom stereocenters. The summed E-state index contributed by atoms with van der Waals surface area (Å²) in [6.07, 6.45) is 0.622. The molecule has 1 aliphatic rings. The number of carbonyl (C=O) groups is 1. The van der Waals surface area contributed by atoms with Crippen LogP contribution in [-0.4, -0.2) is 39.7 Å². The lowest BCUT2D eigenvalue weighted by atomic mass is 9.99. The largest absolute Gasteiger partial charge is 0.445 e. The first kappa shape index (κ1) is 14.6.